The Morgan fingerprint density at radius 2 is 2.09 bits per heavy atom. The summed E-state index contributed by atoms with van der Waals surface area (Å²) >= 11 is 0. The van der Waals surface area contributed by atoms with E-state index >= 15 is 0 Å². The second-order valence-corrected chi connectivity index (χ2v) is 2.02. The highest BCUT2D eigenvalue weighted by Crippen LogP contribution is 1.87. The van der Waals surface area contributed by atoms with Crippen LogP contribution in [0.25, 0.3) is 0 Å². The molecule has 66 valence electrons. The molecule has 5 heteroatoms. The molecule has 0 aromatic rings. The Bertz CT molecular complexity index is 107. The van der Waals surface area contributed by atoms with E-state index in [9.17, 15) is 10.1 Å². The Labute approximate surface area is 65.4 Å². The zero-order valence-electron chi connectivity index (χ0n) is 6.62. The van der Waals surface area contributed by atoms with E-state index < -0.39 is 5.09 Å². The summed E-state index contributed by atoms with van der Waals surface area (Å²) in [5.41, 5.74) is 0. The number of hydrogen-bond acceptors (Lipinski definition) is 4. The Hall–Kier alpha value is -0.840. The molecule has 0 amide bonds. The van der Waals surface area contributed by atoms with E-state index in [-0.39, 0.29) is 6.61 Å². The van der Waals surface area contributed by atoms with Gasteiger partial charge in [-0.3, -0.25) is 0 Å². The maximum absolute atomic E-state index is 9.62. The van der Waals surface area contributed by atoms with Crippen LogP contribution in [0.4, 0.5) is 0 Å². The van der Waals surface area contributed by atoms with Gasteiger partial charge in [0.15, 0.2) is 0 Å². The fourth-order valence-corrected chi connectivity index (χ4v) is 0.519. The molecule has 0 fully saturated rings. The molecule has 0 aliphatic rings. The van der Waals surface area contributed by atoms with Crippen molar-refractivity contribution in [3.8, 4) is 0 Å². The molecule has 0 unspecified atom stereocenters. The van der Waals surface area contributed by atoms with Gasteiger partial charge in [0.2, 0.25) is 0 Å². The predicted molar refractivity (Wildman–Crippen MR) is 38.7 cm³/mol. The molecule has 0 atom stereocenters. The molecule has 0 aliphatic heterocycles. The average Bonchev–Trinajstić information content (AvgIpc) is 1.96. The van der Waals surface area contributed by atoms with Gasteiger partial charge in [0, 0.05) is 6.61 Å². The van der Waals surface area contributed by atoms with Gasteiger partial charge in [-0.2, -0.15) is 0 Å². The van der Waals surface area contributed by atoms with Crippen molar-refractivity contribution >= 4 is 0 Å². The van der Waals surface area contributed by atoms with Crippen LogP contribution in [-0.4, -0.2) is 24.9 Å². The molecule has 0 aromatic carbocycles. The minimum atomic E-state index is -0.816. The van der Waals surface area contributed by atoms with E-state index in [1.807, 2.05) is 0 Å². The monoisotopic (exact) mass is 163 g/mol. The van der Waals surface area contributed by atoms with Gasteiger partial charge in [0.25, 0.3) is 5.09 Å². The number of rotatable bonds is 7. The fraction of sp³-hybridized carbons (Fsp3) is 1.00. The van der Waals surface area contributed by atoms with E-state index in [4.69, 9.17) is 4.74 Å². The Morgan fingerprint density at radius 1 is 1.36 bits per heavy atom. The van der Waals surface area contributed by atoms with E-state index in [0.717, 1.165) is 12.8 Å². The SMILES string of the molecule is CCCCOCCO[N+](=O)[O-]. The van der Waals surface area contributed by atoms with Gasteiger partial charge in [-0.1, -0.05) is 13.3 Å². The standard InChI is InChI=1S/C6H13NO4/c1-2-3-4-10-5-6-11-7(8)9/h2-6H2,1H3. The van der Waals surface area contributed by atoms with Crippen molar-refractivity contribution in [3.63, 3.8) is 0 Å². The minimum absolute atomic E-state index is 0.0245. The molecule has 0 rings (SSSR count). The summed E-state index contributed by atoms with van der Waals surface area (Å²) in [6.07, 6.45) is 2.05. The molecule has 11 heavy (non-hydrogen) atoms. The quantitative estimate of drug-likeness (QED) is 0.319. The summed E-state index contributed by atoms with van der Waals surface area (Å²) in [5, 5.41) is 8.80. The molecule has 5 nitrogen and oxygen atoms in total. The van der Waals surface area contributed by atoms with Crippen molar-refractivity contribution in [2.75, 3.05) is 19.8 Å². The van der Waals surface area contributed by atoms with E-state index in [1.165, 1.54) is 0 Å². The molecular formula is C6H13NO4. The van der Waals surface area contributed by atoms with E-state index in [0.29, 0.717) is 13.2 Å². The summed E-state index contributed by atoms with van der Waals surface area (Å²) < 4.78 is 4.99. The first-order valence-electron chi connectivity index (χ1n) is 3.62. The summed E-state index contributed by atoms with van der Waals surface area (Å²) in [5.74, 6) is 0. The normalized spacial score (nSPS) is 9.55. The lowest BCUT2D eigenvalue weighted by Gasteiger charge is -2.00. The first kappa shape index (κ1) is 10.2. The lowest BCUT2D eigenvalue weighted by Crippen LogP contribution is -2.08. The molecule has 0 saturated carbocycles. The second-order valence-electron chi connectivity index (χ2n) is 2.02. The van der Waals surface area contributed by atoms with Crippen molar-refractivity contribution in [3.05, 3.63) is 10.1 Å². The van der Waals surface area contributed by atoms with Gasteiger partial charge >= 0.3 is 0 Å². The molecule has 0 aromatic heterocycles. The molecular weight excluding hydrogens is 150 g/mol. The molecule has 0 heterocycles. The highest BCUT2D eigenvalue weighted by Gasteiger charge is 1.93. The molecule has 0 saturated heterocycles. The van der Waals surface area contributed by atoms with Crippen molar-refractivity contribution in [1.82, 2.24) is 0 Å². The van der Waals surface area contributed by atoms with E-state index in [1.54, 1.807) is 0 Å². The lowest BCUT2D eigenvalue weighted by molar-refractivity contribution is -0.758. The molecule has 0 bridgehead atoms. The van der Waals surface area contributed by atoms with Crippen LogP contribution in [0.2, 0.25) is 0 Å². The van der Waals surface area contributed by atoms with Crippen LogP contribution >= 0.6 is 0 Å². The Kier molecular flexibility index (Phi) is 6.71. The summed E-state index contributed by atoms with van der Waals surface area (Å²) in [7, 11) is 0. The summed E-state index contributed by atoms with van der Waals surface area (Å²) in [6.45, 7) is 3.02. The molecule has 0 N–H and O–H groups in total. The van der Waals surface area contributed by atoms with Crippen molar-refractivity contribution < 1.29 is 14.7 Å². The average molecular weight is 163 g/mol. The number of nitrogens with zero attached hydrogens (tertiary/aromatic N) is 1. The van der Waals surface area contributed by atoms with Crippen LogP contribution in [0.3, 0.4) is 0 Å². The topological polar surface area (TPSA) is 61.6 Å². The number of ether oxygens (including phenoxy) is 1. The zero-order valence-corrected chi connectivity index (χ0v) is 6.62. The minimum Gasteiger partial charge on any atom is -0.379 e. The van der Waals surface area contributed by atoms with Crippen LogP contribution in [0, 0.1) is 10.1 Å². The van der Waals surface area contributed by atoms with Crippen LogP contribution in [0.15, 0.2) is 0 Å². The molecule has 0 aliphatic carbocycles. The third-order valence-corrected chi connectivity index (χ3v) is 1.07. The zero-order chi connectivity index (χ0) is 8.53. The van der Waals surface area contributed by atoms with Crippen molar-refractivity contribution in [2.24, 2.45) is 0 Å². The maximum Gasteiger partial charge on any atom is 0.294 e. The van der Waals surface area contributed by atoms with E-state index in [2.05, 4.69) is 11.8 Å². The fourth-order valence-electron chi connectivity index (χ4n) is 0.519. The van der Waals surface area contributed by atoms with Gasteiger partial charge in [-0.25, -0.2) is 0 Å². The summed E-state index contributed by atoms with van der Waals surface area (Å²) in [6, 6.07) is 0. The third-order valence-electron chi connectivity index (χ3n) is 1.07. The van der Waals surface area contributed by atoms with Crippen molar-refractivity contribution in [2.45, 2.75) is 19.8 Å². The highest BCUT2D eigenvalue weighted by molar-refractivity contribution is 4.31. The lowest BCUT2D eigenvalue weighted by atomic mass is 10.4. The third kappa shape index (κ3) is 9.16. The van der Waals surface area contributed by atoms with Crippen LogP contribution in [0.1, 0.15) is 19.8 Å². The summed E-state index contributed by atoms with van der Waals surface area (Å²) in [4.78, 5) is 13.6. The van der Waals surface area contributed by atoms with Gasteiger partial charge in [0.05, 0.1) is 6.61 Å². The van der Waals surface area contributed by atoms with Crippen molar-refractivity contribution in [1.29, 1.82) is 0 Å². The van der Waals surface area contributed by atoms with Gasteiger partial charge in [-0.05, 0) is 6.42 Å². The molecule has 0 radical (unpaired) electrons. The number of unbranched alkanes of at least 4 members (excludes halogenated alkanes) is 1. The van der Waals surface area contributed by atoms with Crippen LogP contribution in [-0.2, 0) is 9.57 Å². The predicted octanol–water partition coefficient (Wildman–Crippen LogP) is 1.01. The first-order chi connectivity index (χ1) is 5.27. The maximum atomic E-state index is 9.62. The molecule has 0 spiro atoms. The Morgan fingerprint density at radius 3 is 2.64 bits per heavy atom. The Balaban J connectivity index is 2.85. The van der Waals surface area contributed by atoms with Crippen LogP contribution < -0.4 is 0 Å². The van der Waals surface area contributed by atoms with Gasteiger partial charge in [0.1, 0.15) is 6.61 Å². The largest absolute Gasteiger partial charge is 0.379 e. The smallest absolute Gasteiger partial charge is 0.294 e. The second kappa shape index (κ2) is 7.27. The highest BCUT2D eigenvalue weighted by atomic mass is 17.0. The van der Waals surface area contributed by atoms with Gasteiger partial charge < -0.3 is 9.57 Å². The van der Waals surface area contributed by atoms with Crippen LogP contribution in [0.5, 0.6) is 0 Å². The first-order valence-corrected chi connectivity index (χ1v) is 3.62. The number of hydrogen-bond donors (Lipinski definition) is 0. The van der Waals surface area contributed by atoms with Gasteiger partial charge in [-0.15, -0.1) is 10.1 Å².